The molecule has 0 bridgehead atoms. The van der Waals surface area contributed by atoms with Crippen molar-refractivity contribution < 1.29 is 13.9 Å². The lowest BCUT2D eigenvalue weighted by Crippen LogP contribution is -2.37. The molecule has 4 heteroatoms. The van der Waals surface area contributed by atoms with Gasteiger partial charge in [0, 0.05) is 11.4 Å². The molecule has 0 saturated heterocycles. The molecule has 0 aliphatic heterocycles. The summed E-state index contributed by atoms with van der Waals surface area (Å²) in [4.78, 5) is 13.0. The minimum absolute atomic E-state index is 0.0454. The van der Waals surface area contributed by atoms with Crippen LogP contribution in [0.2, 0.25) is 0 Å². The first kappa shape index (κ1) is 18.6. The van der Waals surface area contributed by atoms with Crippen molar-refractivity contribution in [3.05, 3.63) is 65.4 Å². The van der Waals surface area contributed by atoms with Crippen LogP contribution in [0.4, 0.5) is 0 Å². The van der Waals surface area contributed by atoms with Crippen LogP contribution in [0.1, 0.15) is 54.3 Å². The first-order chi connectivity index (χ1) is 13.6. The van der Waals surface area contributed by atoms with Crippen LogP contribution < -0.4 is 10.1 Å². The fraction of sp³-hybridized carbons (Fsp3) is 0.375. The van der Waals surface area contributed by atoms with Gasteiger partial charge in [-0.3, -0.25) is 4.79 Å². The Morgan fingerprint density at radius 2 is 1.86 bits per heavy atom. The van der Waals surface area contributed by atoms with E-state index in [2.05, 4.69) is 12.2 Å². The van der Waals surface area contributed by atoms with Crippen LogP contribution in [0, 0.1) is 12.8 Å². The molecule has 1 fully saturated rings. The lowest BCUT2D eigenvalue weighted by molar-refractivity contribution is 0.0923. The number of hydrogen-bond acceptors (Lipinski definition) is 3. The maximum atomic E-state index is 13.0. The number of aryl methyl sites for hydroxylation is 1. The topological polar surface area (TPSA) is 51.5 Å². The van der Waals surface area contributed by atoms with Crippen molar-refractivity contribution in [1.29, 1.82) is 0 Å². The maximum absolute atomic E-state index is 13.0. The zero-order valence-corrected chi connectivity index (χ0v) is 16.5. The van der Waals surface area contributed by atoms with Gasteiger partial charge in [-0.05, 0) is 62.3 Å². The number of hydrogen-bond donors (Lipinski definition) is 1. The Balaban J connectivity index is 1.52. The molecule has 4 rings (SSSR count). The molecule has 28 heavy (non-hydrogen) atoms. The van der Waals surface area contributed by atoms with Gasteiger partial charge in [0.15, 0.2) is 0 Å². The van der Waals surface area contributed by atoms with Crippen LogP contribution in [-0.4, -0.2) is 11.9 Å². The number of carbonyl (C=O) groups excluding carboxylic acids is 1. The van der Waals surface area contributed by atoms with Gasteiger partial charge >= 0.3 is 0 Å². The van der Waals surface area contributed by atoms with Gasteiger partial charge < -0.3 is 14.5 Å². The lowest BCUT2D eigenvalue weighted by atomic mass is 9.87. The molecule has 1 heterocycles. The molecule has 1 N–H and O–H groups in total. The second kappa shape index (κ2) is 8.09. The Bertz CT molecular complexity index is 953. The largest absolute Gasteiger partial charge is 0.489 e. The molecule has 4 nitrogen and oxygen atoms in total. The minimum Gasteiger partial charge on any atom is -0.489 e. The van der Waals surface area contributed by atoms with Crippen LogP contribution >= 0.6 is 0 Å². The molecule has 1 aliphatic rings. The van der Waals surface area contributed by atoms with Crippen molar-refractivity contribution in [1.82, 2.24) is 5.32 Å². The van der Waals surface area contributed by atoms with Crippen molar-refractivity contribution in [2.24, 2.45) is 5.92 Å². The van der Waals surface area contributed by atoms with Crippen molar-refractivity contribution in [2.45, 2.75) is 52.2 Å². The summed E-state index contributed by atoms with van der Waals surface area (Å²) in [5.74, 6) is 2.10. The number of nitrogens with one attached hydrogen (secondary N) is 1. The van der Waals surface area contributed by atoms with Crippen LogP contribution in [0.3, 0.4) is 0 Å². The fourth-order valence-electron chi connectivity index (χ4n) is 3.97. The third kappa shape index (κ3) is 4.06. The average Bonchev–Trinajstić information content (AvgIpc) is 3.04. The maximum Gasteiger partial charge on any atom is 0.255 e. The number of fused-ring (bicyclic) bond motifs is 1. The molecule has 2 aromatic carbocycles. The standard InChI is InChI=1S/C24H27NO3/c1-16-8-10-19(11-9-16)25-24(26)23-17(2)28-22-13-12-20(14-21(22)23)27-15-18-6-4-3-5-7-18/h3-7,12-14,16,19H,8-11,15H2,1-2H3,(H,25,26). The molecule has 1 aliphatic carbocycles. The van der Waals surface area contributed by atoms with Crippen LogP contribution in [0.25, 0.3) is 11.0 Å². The monoisotopic (exact) mass is 377 g/mol. The normalized spacial score (nSPS) is 19.5. The zero-order chi connectivity index (χ0) is 19.5. The third-order valence-electron chi connectivity index (χ3n) is 5.66. The summed E-state index contributed by atoms with van der Waals surface area (Å²) in [6.45, 7) is 4.62. The smallest absolute Gasteiger partial charge is 0.255 e. The summed E-state index contributed by atoms with van der Waals surface area (Å²) < 4.78 is 11.8. The molecule has 0 radical (unpaired) electrons. The first-order valence-corrected chi connectivity index (χ1v) is 10.1. The van der Waals surface area contributed by atoms with Gasteiger partial charge in [0.2, 0.25) is 0 Å². The Labute approximate surface area is 165 Å². The molecule has 0 spiro atoms. The van der Waals surface area contributed by atoms with E-state index in [1.165, 1.54) is 12.8 Å². The van der Waals surface area contributed by atoms with E-state index in [1.807, 2.05) is 55.5 Å². The Morgan fingerprint density at radius 1 is 1.11 bits per heavy atom. The van der Waals surface area contributed by atoms with Gasteiger partial charge in [-0.25, -0.2) is 0 Å². The summed E-state index contributed by atoms with van der Waals surface area (Å²) >= 11 is 0. The highest BCUT2D eigenvalue weighted by molar-refractivity contribution is 6.07. The number of benzene rings is 2. The Hall–Kier alpha value is -2.75. The van der Waals surface area contributed by atoms with E-state index in [4.69, 9.17) is 9.15 Å². The van der Waals surface area contributed by atoms with Gasteiger partial charge in [0.05, 0.1) is 5.56 Å². The highest BCUT2D eigenvalue weighted by atomic mass is 16.5. The second-order valence-corrected chi connectivity index (χ2v) is 7.90. The predicted octanol–water partition coefficient (Wildman–Crippen LogP) is 5.63. The van der Waals surface area contributed by atoms with Gasteiger partial charge in [-0.2, -0.15) is 0 Å². The van der Waals surface area contributed by atoms with Crippen LogP contribution in [-0.2, 0) is 6.61 Å². The van der Waals surface area contributed by atoms with Gasteiger partial charge in [-0.1, -0.05) is 37.3 Å². The third-order valence-corrected chi connectivity index (χ3v) is 5.66. The molecule has 1 saturated carbocycles. The summed E-state index contributed by atoms with van der Waals surface area (Å²) in [6, 6.07) is 16.0. The molecule has 1 amide bonds. The summed E-state index contributed by atoms with van der Waals surface area (Å²) in [5, 5.41) is 4.02. The van der Waals surface area contributed by atoms with Crippen molar-refractivity contribution in [2.75, 3.05) is 0 Å². The summed E-state index contributed by atoms with van der Waals surface area (Å²) in [6.07, 6.45) is 4.45. The number of furan rings is 1. The van der Waals surface area contributed by atoms with E-state index in [0.717, 1.165) is 35.5 Å². The first-order valence-electron chi connectivity index (χ1n) is 10.1. The van der Waals surface area contributed by atoms with E-state index in [0.29, 0.717) is 23.5 Å². The highest BCUT2D eigenvalue weighted by Crippen LogP contribution is 2.30. The number of ether oxygens (including phenoxy) is 1. The molecule has 0 unspecified atom stereocenters. The van der Waals surface area contributed by atoms with E-state index < -0.39 is 0 Å². The van der Waals surface area contributed by atoms with Crippen molar-refractivity contribution >= 4 is 16.9 Å². The van der Waals surface area contributed by atoms with Gasteiger partial charge in [-0.15, -0.1) is 0 Å². The Kier molecular flexibility index (Phi) is 5.38. The number of carbonyl (C=O) groups is 1. The summed E-state index contributed by atoms with van der Waals surface area (Å²) in [7, 11) is 0. The molecule has 0 atom stereocenters. The molecular formula is C24H27NO3. The van der Waals surface area contributed by atoms with E-state index in [-0.39, 0.29) is 11.9 Å². The lowest BCUT2D eigenvalue weighted by Gasteiger charge is -2.26. The molecular weight excluding hydrogens is 350 g/mol. The fourth-order valence-corrected chi connectivity index (χ4v) is 3.97. The number of amides is 1. The Morgan fingerprint density at radius 3 is 2.61 bits per heavy atom. The van der Waals surface area contributed by atoms with Gasteiger partial charge in [0.25, 0.3) is 5.91 Å². The average molecular weight is 377 g/mol. The van der Waals surface area contributed by atoms with E-state index in [9.17, 15) is 4.79 Å². The summed E-state index contributed by atoms with van der Waals surface area (Å²) in [5.41, 5.74) is 2.45. The quantitative estimate of drug-likeness (QED) is 0.627. The number of rotatable bonds is 5. The molecule has 1 aromatic heterocycles. The van der Waals surface area contributed by atoms with Crippen molar-refractivity contribution in [3.63, 3.8) is 0 Å². The SMILES string of the molecule is Cc1oc2ccc(OCc3ccccc3)cc2c1C(=O)NC1CCC(C)CC1. The van der Waals surface area contributed by atoms with Crippen LogP contribution in [0.15, 0.2) is 52.9 Å². The minimum atomic E-state index is -0.0454. The van der Waals surface area contributed by atoms with Crippen molar-refractivity contribution in [3.8, 4) is 5.75 Å². The van der Waals surface area contributed by atoms with E-state index in [1.54, 1.807) is 0 Å². The van der Waals surface area contributed by atoms with Gasteiger partial charge in [0.1, 0.15) is 23.7 Å². The van der Waals surface area contributed by atoms with E-state index >= 15 is 0 Å². The second-order valence-electron chi connectivity index (χ2n) is 7.90. The predicted molar refractivity (Wildman–Crippen MR) is 111 cm³/mol. The molecule has 146 valence electrons. The van der Waals surface area contributed by atoms with Crippen LogP contribution in [0.5, 0.6) is 5.75 Å². The highest BCUT2D eigenvalue weighted by Gasteiger charge is 2.24. The zero-order valence-electron chi connectivity index (χ0n) is 16.5. The molecule has 3 aromatic rings.